The average molecular weight is 295 g/mol. The van der Waals surface area contributed by atoms with E-state index in [0.29, 0.717) is 19.0 Å². The van der Waals surface area contributed by atoms with E-state index in [-0.39, 0.29) is 11.9 Å². The highest BCUT2D eigenvalue weighted by Gasteiger charge is 2.31. The first-order chi connectivity index (χ1) is 9.26. The van der Waals surface area contributed by atoms with Gasteiger partial charge in [0, 0.05) is 23.9 Å². The Morgan fingerprint density at radius 1 is 1.35 bits per heavy atom. The van der Waals surface area contributed by atoms with Gasteiger partial charge in [0.15, 0.2) is 5.78 Å². The van der Waals surface area contributed by atoms with Crippen molar-refractivity contribution in [2.24, 2.45) is 0 Å². The predicted octanol–water partition coefficient (Wildman–Crippen LogP) is 3.68. The van der Waals surface area contributed by atoms with E-state index in [0.717, 1.165) is 11.3 Å². The number of Topliss-reactive ketones (excluding diaryl/α,β-unsaturated/α-hetero) is 1. The highest BCUT2D eigenvalue weighted by Crippen LogP contribution is 2.33. The van der Waals surface area contributed by atoms with Crippen LogP contribution in [-0.4, -0.2) is 35.5 Å². The summed E-state index contributed by atoms with van der Waals surface area (Å²) in [7, 11) is 0. The molecule has 0 N–H and O–H groups in total. The van der Waals surface area contributed by atoms with E-state index < -0.39 is 5.60 Å². The molecule has 0 aliphatic carbocycles. The van der Waals surface area contributed by atoms with Gasteiger partial charge in [0.1, 0.15) is 5.60 Å². The molecule has 1 atom stereocenters. The summed E-state index contributed by atoms with van der Waals surface area (Å²) in [5.41, 5.74) is -0.458. The van der Waals surface area contributed by atoms with Crippen molar-refractivity contribution in [3.8, 4) is 0 Å². The smallest absolute Gasteiger partial charge is 0.410 e. The molecule has 0 spiro atoms. The van der Waals surface area contributed by atoms with Gasteiger partial charge in [0.2, 0.25) is 0 Å². The molecule has 5 heteroatoms. The lowest BCUT2D eigenvalue weighted by Crippen LogP contribution is -2.35. The van der Waals surface area contributed by atoms with Gasteiger partial charge in [-0.1, -0.05) is 0 Å². The second-order valence-corrected chi connectivity index (χ2v) is 7.29. The number of hydrogen-bond donors (Lipinski definition) is 0. The monoisotopic (exact) mass is 295 g/mol. The number of hydrogen-bond acceptors (Lipinski definition) is 4. The number of rotatable bonds is 2. The molecule has 110 valence electrons. The van der Waals surface area contributed by atoms with Crippen LogP contribution in [0.5, 0.6) is 0 Å². The summed E-state index contributed by atoms with van der Waals surface area (Å²) >= 11 is 1.54. The Bertz CT molecular complexity index is 515. The van der Waals surface area contributed by atoms with Crippen molar-refractivity contribution in [1.29, 1.82) is 0 Å². The number of carbonyl (C=O) groups is 2. The quantitative estimate of drug-likeness (QED) is 0.782. The topological polar surface area (TPSA) is 46.6 Å². The van der Waals surface area contributed by atoms with E-state index in [2.05, 4.69) is 0 Å². The third kappa shape index (κ3) is 3.60. The Balaban J connectivity index is 1.98. The van der Waals surface area contributed by atoms with Crippen LogP contribution in [-0.2, 0) is 4.74 Å². The predicted molar refractivity (Wildman–Crippen MR) is 79.5 cm³/mol. The minimum Gasteiger partial charge on any atom is -0.444 e. The fourth-order valence-electron chi connectivity index (χ4n) is 2.25. The van der Waals surface area contributed by atoms with Gasteiger partial charge in [-0.25, -0.2) is 4.79 Å². The van der Waals surface area contributed by atoms with Crippen LogP contribution in [0.3, 0.4) is 0 Å². The number of ketones is 1. The van der Waals surface area contributed by atoms with Crippen LogP contribution in [0.2, 0.25) is 0 Å². The third-order valence-electron chi connectivity index (χ3n) is 3.22. The molecular formula is C15H21NO3S. The Morgan fingerprint density at radius 2 is 2.05 bits per heavy atom. The SMILES string of the molecule is CC(=O)c1ccc(C2CCN(C(=O)OC(C)(C)C)C2)s1. The van der Waals surface area contributed by atoms with Gasteiger partial charge < -0.3 is 9.64 Å². The third-order valence-corrected chi connectivity index (χ3v) is 4.56. The molecule has 2 rings (SSSR count). The maximum Gasteiger partial charge on any atom is 0.410 e. The van der Waals surface area contributed by atoms with Crippen molar-refractivity contribution >= 4 is 23.2 Å². The van der Waals surface area contributed by atoms with Crippen LogP contribution in [0, 0.1) is 0 Å². The molecule has 0 saturated carbocycles. The summed E-state index contributed by atoms with van der Waals surface area (Å²) in [6, 6.07) is 3.88. The average Bonchev–Trinajstić information content (AvgIpc) is 2.95. The number of ether oxygens (including phenoxy) is 1. The molecule has 1 aromatic heterocycles. The molecule has 0 aromatic carbocycles. The van der Waals surface area contributed by atoms with E-state index in [4.69, 9.17) is 4.74 Å². The highest BCUT2D eigenvalue weighted by molar-refractivity contribution is 7.14. The molecule has 1 amide bonds. The summed E-state index contributed by atoms with van der Waals surface area (Å²) in [5.74, 6) is 0.420. The van der Waals surface area contributed by atoms with Gasteiger partial charge in [0.05, 0.1) is 4.88 Å². The molecule has 0 radical (unpaired) electrons. The van der Waals surface area contributed by atoms with Gasteiger partial charge in [0.25, 0.3) is 0 Å². The summed E-state index contributed by atoms with van der Waals surface area (Å²) in [5, 5.41) is 0. The van der Waals surface area contributed by atoms with E-state index >= 15 is 0 Å². The van der Waals surface area contributed by atoms with Crippen LogP contribution < -0.4 is 0 Å². The number of amides is 1. The first-order valence-corrected chi connectivity index (χ1v) is 7.66. The number of likely N-dealkylation sites (tertiary alicyclic amines) is 1. The van der Waals surface area contributed by atoms with Gasteiger partial charge in [-0.3, -0.25) is 4.79 Å². The first-order valence-electron chi connectivity index (χ1n) is 6.85. The number of carbonyl (C=O) groups excluding carboxylic acids is 2. The zero-order valence-electron chi connectivity index (χ0n) is 12.4. The Hall–Kier alpha value is -1.36. The molecule has 1 saturated heterocycles. The van der Waals surface area contributed by atoms with Crippen LogP contribution in [0.25, 0.3) is 0 Å². The normalized spacial score (nSPS) is 19.2. The van der Waals surface area contributed by atoms with E-state index in [1.165, 1.54) is 16.2 Å². The second-order valence-electron chi connectivity index (χ2n) is 6.17. The van der Waals surface area contributed by atoms with Crippen LogP contribution >= 0.6 is 11.3 Å². The van der Waals surface area contributed by atoms with Crippen molar-refractivity contribution < 1.29 is 14.3 Å². The minimum atomic E-state index is -0.458. The van der Waals surface area contributed by atoms with E-state index in [1.807, 2.05) is 32.9 Å². The standard InChI is InChI=1S/C15H21NO3S/c1-10(17)12-5-6-13(20-12)11-7-8-16(9-11)14(18)19-15(2,3)4/h5-6,11H,7-9H2,1-4H3. The Kier molecular flexibility index (Phi) is 4.18. The molecular weight excluding hydrogens is 274 g/mol. The summed E-state index contributed by atoms with van der Waals surface area (Å²) in [6.07, 6.45) is 0.681. The molecule has 2 heterocycles. The maximum absolute atomic E-state index is 12.0. The van der Waals surface area contributed by atoms with Gasteiger partial charge in [-0.15, -0.1) is 11.3 Å². The molecule has 4 nitrogen and oxygen atoms in total. The number of nitrogens with zero attached hydrogens (tertiary/aromatic N) is 1. The first kappa shape index (κ1) is 15.0. The summed E-state index contributed by atoms with van der Waals surface area (Å²) < 4.78 is 5.39. The van der Waals surface area contributed by atoms with Crippen molar-refractivity contribution in [2.45, 2.75) is 45.6 Å². The lowest BCUT2D eigenvalue weighted by Gasteiger charge is -2.24. The molecule has 1 fully saturated rings. The van der Waals surface area contributed by atoms with Gasteiger partial charge >= 0.3 is 6.09 Å². The highest BCUT2D eigenvalue weighted by atomic mass is 32.1. The van der Waals surface area contributed by atoms with Crippen LogP contribution in [0.1, 0.15) is 54.6 Å². The number of thiophene rings is 1. The van der Waals surface area contributed by atoms with E-state index in [1.54, 1.807) is 11.8 Å². The fraction of sp³-hybridized carbons (Fsp3) is 0.600. The second kappa shape index (κ2) is 5.56. The van der Waals surface area contributed by atoms with Crippen molar-refractivity contribution in [1.82, 2.24) is 4.90 Å². The lowest BCUT2D eigenvalue weighted by molar-refractivity contribution is 0.0292. The lowest BCUT2D eigenvalue weighted by atomic mass is 10.1. The fourth-order valence-corrected chi connectivity index (χ4v) is 3.28. The molecule has 0 bridgehead atoms. The van der Waals surface area contributed by atoms with Crippen LogP contribution in [0.15, 0.2) is 12.1 Å². The minimum absolute atomic E-state index is 0.100. The summed E-state index contributed by atoms with van der Waals surface area (Å²) in [6.45, 7) is 8.58. The Labute approximate surface area is 123 Å². The van der Waals surface area contributed by atoms with Crippen molar-refractivity contribution in [3.63, 3.8) is 0 Å². The van der Waals surface area contributed by atoms with Gasteiger partial charge in [-0.2, -0.15) is 0 Å². The largest absolute Gasteiger partial charge is 0.444 e. The summed E-state index contributed by atoms with van der Waals surface area (Å²) in [4.78, 5) is 27.1. The molecule has 20 heavy (non-hydrogen) atoms. The molecule has 1 unspecified atom stereocenters. The van der Waals surface area contributed by atoms with Crippen molar-refractivity contribution in [3.05, 3.63) is 21.9 Å². The molecule has 1 aliphatic heterocycles. The van der Waals surface area contributed by atoms with Gasteiger partial charge in [-0.05, 0) is 46.2 Å². The zero-order chi connectivity index (χ0) is 14.9. The molecule has 1 aromatic rings. The Morgan fingerprint density at radius 3 is 2.60 bits per heavy atom. The van der Waals surface area contributed by atoms with Crippen LogP contribution in [0.4, 0.5) is 4.79 Å². The maximum atomic E-state index is 12.0. The van der Waals surface area contributed by atoms with E-state index in [9.17, 15) is 9.59 Å². The van der Waals surface area contributed by atoms with Crippen molar-refractivity contribution in [2.75, 3.05) is 13.1 Å². The zero-order valence-corrected chi connectivity index (χ0v) is 13.3. The molecule has 1 aliphatic rings.